The topological polar surface area (TPSA) is 64.4 Å². The molecule has 3 rings (SSSR count). The standard InChI is InChI=1S/C20H23FN2O2.ClH/c21-16-9-7-14(8-10-16)13-25-18-5-2-4-17(11-18)23-20(24)19-6-1-3-15(19)12-22;/h2,4-5,7-11,15,19H,1,3,6,12-13,22H2,(H,23,24);1H/t15-,19-;/m1./s1. The highest BCUT2D eigenvalue weighted by Gasteiger charge is 2.31. The van der Waals surface area contributed by atoms with E-state index in [0.717, 1.165) is 24.8 Å². The van der Waals surface area contributed by atoms with E-state index in [-0.39, 0.29) is 36.0 Å². The molecule has 0 bridgehead atoms. The third kappa shape index (κ3) is 5.19. The van der Waals surface area contributed by atoms with Gasteiger partial charge >= 0.3 is 0 Å². The van der Waals surface area contributed by atoms with Gasteiger partial charge in [-0.25, -0.2) is 4.39 Å². The van der Waals surface area contributed by atoms with E-state index in [1.165, 1.54) is 12.1 Å². The molecular weight excluding hydrogens is 355 g/mol. The Kier molecular flexibility index (Phi) is 7.42. The van der Waals surface area contributed by atoms with Gasteiger partial charge in [-0.15, -0.1) is 12.4 Å². The van der Waals surface area contributed by atoms with Crippen LogP contribution in [-0.2, 0) is 11.4 Å². The number of amides is 1. The number of nitrogens with two attached hydrogens (primary N) is 1. The summed E-state index contributed by atoms with van der Waals surface area (Å²) in [6.07, 6.45) is 2.98. The smallest absolute Gasteiger partial charge is 0.227 e. The van der Waals surface area contributed by atoms with Crippen LogP contribution >= 0.6 is 12.4 Å². The van der Waals surface area contributed by atoms with Gasteiger partial charge in [0.15, 0.2) is 0 Å². The maximum absolute atomic E-state index is 12.9. The second kappa shape index (κ2) is 9.55. The molecule has 2 aromatic carbocycles. The minimum atomic E-state index is -0.267. The summed E-state index contributed by atoms with van der Waals surface area (Å²) in [4.78, 5) is 12.5. The molecule has 0 aliphatic heterocycles. The first-order chi connectivity index (χ1) is 12.2. The molecule has 1 saturated carbocycles. The van der Waals surface area contributed by atoms with Crippen LogP contribution in [0.5, 0.6) is 5.75 Å². The van der Waals surface area contributed by atoms with Crippen molar-refractivity contribution in [2.75, 3.05) is 11.9 Å². The molecule has 0 saturated heterocycles. The van der Waals surface area contributed by atoms with Crippen LogP contribution in [0, 0.1) is 17.7 Å². The Labute approximate surface area is 159 Å². The Morgan fingerprint density at radius 1 is 1.19 bits per heavy atom. The summed E-state index contributed by atoms with van der Waals surface area (Å²) in [7, 11) is 0. The SMILES string of the molecule is Cl.NC[C@H]1CCC[C@H]1C(=O)Nc1cccc(OCc2ccc(F)cc2)c1. The van der Waals surface area contributed by atoms with Crippen LogP contribution in [0.3, 0.4) is 0 Å². The van der Waals surface area contributed by atoms with E-state index < -0.39 is 0 Å². The molecule has 2 aromatic rings. The summed E-state index contributed by atoms with van der Waals surface area (Å²) < 4.78 is 18.6. The maximum atomic E-state index is 12.9. The summed E-state index contributed by atoms with van der Waals surface area (Å²) in [5.41, 5.74) is 7.35. The van der Waals surface area contributed by atoms with E-state index in [1.54, 1.807) is 18.2 Å². The monoisotopic (exact) mass is 378 g/mol. The average molecular weight is 379 g/mol. The number of hydrogen-bond donors (Lipinski definition) is 2. The fourth-order valence-electron chi connectivity index (χ4n) is 3.31. The molecule has 1 aliphatic carbocycles. The van der Waals surface area contributed by atoms with Crippen LogP contribution in [0.2, 0.25) is 0 Å². The minimum absolute atomic E-state index is 0. The van der Waals surface area contributed by atoms with Gasteiger partial charge in [0.05, 0.1) is 0 Å². The molecule has 1 fully saturated rings. The number of rotatable bonds is 6. The lowest BCUT2D eigenvalue weighted by Crippen LogP contribution is -2.29. The third-order valence-electron chi connectivity index (χ3n) is 4.72. The molecule has 0 heterocycles. The van der Waals surface area contributed by atoms with Crippen molar-refractivity contribution in [2.45, 2.75) is 25.9 Å². The largest absolute Gasteiger partial charge is 0.489 e. The molecule has 0 spiro atoms. The lowest BCUT2D eigenvalue weighted by atomic mass is 9.95. The Bertz CT molecular complexity index is 724. The Hall–Kier alpha value is -2.11. The minimum Gasteiger partial charge on any atom is -0.489 e. The van der Waals surface area contributed by atoms with Crippen molar-refractivity contribution >= 4 is 24.0 Å². The number of benzene rings is 2. The van der Waals surface area contributed by atoms with Crippen molar-refractivity contribution in [3.8, 4) is 5.75 Å². The molecule has 26 heavy (non-hydrogen) atoms. The van der Waals surface area contributed by atoms with Gasteiger partial charge in [0.25, 0.3) is 0 Å². The average Bonchev–Trinajstić information content (AvgIpc) is 3.10. The second-order valence-electron chi connectivity index (χ2n) is 6.47. The van der Waals surface area contributed by atoms with Gasteiger partial charge in [-0.05, 0) is 55.1 Å². The lowest BCUT2D eigenvalue weighted by molar-refractivity contribution is -0.120. The molecule has 3 N–H and O–H groups in total. The molecule has 6 heteroatoms. The zero-order valence-electron chi connectivity index (χ0n) is 14.5. The van der Waals surface area contributed by atoms with Gasteiger partial charge in [-0.3, -0.25) is 4.79 Å². The molecule has 4 nitrogen and oxygen atoms in total. The lowest BCUT2D eigenvalue weighted by Gasteiger charge is -2.17. The molecule has 2 atom stereocenters. The Morgan fingerprint density at radius 3 is 2.69 bits per heavy atom. The predicted molar refractivity (Wildman–Crippen MR) is 103 cm³/mol. The number of ether oxygens (including phenoxy) is 1. The van der Waals surface area contributed by atoms with Crippen molar-refractivity contribution in [1.29, 1.82) is 0 Å². The molecule has 0 aromatic heterocycles. The van der Waals surface area contributed by atoms with Gasteiger partial charge in [0.2, 0.25) is 5.91 Å². The van der Waals surface area contributed by atoms with E-state index in [2.05, 4.69) is 5.32 Å². The molecule has 1 amide bonds. The summed E-state index contributed by atoms with van der Waals surface area (Å²) in [6, 6.07) is 13.5. The van der Waals surface area contributed by atoms with Gasteiger partial charge in [-0.1, -0.05) is 24.6 Å². The number of nitrogens with one attached hydrogen (secondary N) is 1. The summed E-state index contributed by atoms with van der Waals surface area (Å²) in [5, 5.41) is 2.97. The molecule has 140 valence electrons. The van der Waals surface area contributed by atoms with Crippen LogP contribution in [0.25, 0.3) is 0 Å². The molecule has 0 unspecified atom stereocenters. The van der Waals surface area contributed by atoms with Crippen molar-refractivity contribution in [2.24, 2.45) is 17.6 Å². The molecule has 1 aliphatic rings. The van der Waals surface area contributed by atoms with E-state index in [0.29, 0.717) is 24.6 Å². The maximum Gasteiger partial charge on any atom is 0.227 e. The summed E-state index contributed by atoms with van der Waals surface area (Å²) in [5.74, 6) is 0.690. The number of anilines is 1. The summed E-state index contributed by atoms with van der Waals surface area (Å²) in [6.45, 7) is 0.897. The Morgan fingerprint density at radius 2 is 1.96 bits per heavy atom. The van der Waals surface area contributed by atoms with Crippen molar-refractivity contribution in [3.63, 3.8) is 0 Å². The van der Waals surface area contributed by atoms with Crippen LogP contribution in [0.4, 0.5) is 10.1 Å². The summed E-state index contributed by atoms with van der Waals surface area (Å²) >= 11 is 0. The van der Waals surface area contributed by atoms with Crippen LogP contribution < -0.4 is 15.8 Å². The molecular formula is C20H24ClFN2O2. The number of carbonyl (C=O) groups is 1. The fourth-order valence-corrected chi connectivity index (χ4v) is 3.31. The van der Waals surface area contributed by atoms with Crippen molar-refractivity contribution in [1.82, 2.24) is 0 Å². The Balaban J connectivity index is 0.00000243. The van der Waals surface area contributed by atoms with Crippen LogP contribution in [0.1, 0.15) is 24.8 Å². The third-order valence-corrected chi connectivity index (χ3v) is 4.72. The van der Waals surface area contributed by atoms with Gasteiger partial charge in [0, 0.05) is 17.7 Å². The zero-order valence-corrected chi connectivity index (χ0v) is 15.3. The quantitative estimate of drug-likeness (QED) is 0.794. The van der Waals surface area contributed by atoms with E-state index in [1.807, 2.05) is 18.2 Å². The zero-order chi connectivity index (χ0) is 17.6. The highest BCUT2D eigenvalue weighted by Crippen LogP contribution is 2.32. The first kappa shape index (κ1) is 20.2. The number of halogens is 2. The second-order valence-corrected chi connectivity index (χ2v) is 6.47. The van der Waals surface area contributed by atoms with Gasteiger partial charge in [-0.2, -0.15) is 0 Å². The van der Waals surface area contributed by atoms with Crippen molar-refractivity contribution < 1.29 is 13.9 Å². The first-order valence-electron chi connectivity index (χ1n) is 8.64. The number of carbonyl (C=O) groups excluding carboxylic acids is 1. The predicted octanol–water partition coefficient (Wildman–Crippen LogP) is 4.14. The van der Waals surface area contributed by atoms with E-state index in [4.69, 9.17) is 10.5 Å². The highest BCUT2D eigenvalue weighted by atomic mass is 35.5. The van der Waals surface area contributed by atoms with Gasteiger partial charge in [0.1, 0.15) is 18.2 Å². The van der Waals surface area contributed by atoms with Crippen LogP contribution in [0.15, 0.2) is 48.5 Å². The van der Waals surface area contributed by atoms with E-state index in [9.17, 15) is 9.18 Å². The van der Waals surface area contributed by atoms with Gasteiger partial charge < -0.3 is 15.8 Å². The highest BCUT2D eigenvalue weighted by molar-refractivity contribution is 5.93. The van der Waals surface area contributed by atoms with E-state index >= 15 is 0 Å². The first-order valence-corrected chi connectivity index (χ1v) is 8.64. The molecule has 0 radical (unpaired) electrons. The normalized spacial score (nSPS) is 18.8. The van der Waals surface area contributed by atoms with Crippen molar-refractivity contribution in [3.05, 3.63) is 59.9 Å². The van der Waals surface area contributed by atoms with Crippen LogP contribution in [-0.4, -0.2) is 12.5 Å². The number of hydrogen-bond acceptors (Lipinski definition) is 3. The fraction of sp³-hybridized carbons (Fsp3) is 0.350.